The molecule has 3 nitrogen and oxygen atoms in total. The van der Waals surface area contributed by atoms with E-state index >= 15 is 0 Å². The summed E-state index contributed by atoms with van der Waals surface area (Å²) in [6.45, 7) is 11.3. The smallest absolute Gasteiger partial charge is 0.0535 e. The normalized spacial score (nSPS) is 25.4. The van der Waals surface area contributed by atoms with Crippen molar-refractivity contribution in [1.82, 2.24) is 5.32 Å². The van der Waals surface area contributed by atoms with Crippen LogP contribution in [0.1, 0.15) is 46.5 Å². The van der Waals surface area contributed by atoms with Crippen LogP contribution in [-0.2, 0) is 9.47 Å². The van der Waals surface area contributed by atoms with E-state index < -0.39 is 0 Å². The van der Waals surface area contributed by atoms with Crippen LogP contribution >= 0.6 is 0 Å². The minimum atomic E-state index is 0.308. The second kappa shape index (κ2) is 8.06. The van der Waals surface area contributed by atoms with Gasteiger partial charge in [0.15, 0.2) is 0 Å². The summed E-state index contributed by atoms with van der Waals surface area (Å²) < 4.78 is 11.4. The molecule has 1 rings (SSSR count). The van der Waals surface area contributed by atoms with Gasteiger partial charge in [-0.15, -0.1) is 0 Å². The van der Waals surface area contributed by atoms with Crippen LogP contribution in [0, 0.1) is 5.41 Å². The maximum absolute atomic E-state index is 5.69. The molecule has 1 atom stereocenters. The lowest BCUT2D eigenvalue weighted by Gasteiger charge is -2.37. The third-order valence-electron chi connectivity index (χ3n) is 3.41. The highest BCUT2D eigenvalue weighted by Gasteiger charge is 2.32. The van der Waals surface area contributed by atoms with Crippen LogP contribution in [0.3, 0.4) is 0 Å². The molecule has 0 aliphatic carbocycles. The first-order chi connectivity index (χ1) is 8.18. The molecule has 0 saturated carbocycles. The van der Waals surface area contributed by atoms with E-state index in [-0.39, 0.29) is 0 Å². The topological polar surface area (TPSA) is 30.5 Å². The van der Waals surface area contributed by atoms with Crippen molar-refractivity contribution in [2.45, 2.75) is 52.6 Å². The van der Waals surface area contributed by atoms with Crippen molar-refractivity contribution in [1.29, 1.82) is 0 Å². The Morgan fingerprint density at radius 1 is 1.41 bits per heavy atom. The van der Waals surface area contributed by atoms with Gasteiger partial charge in [0, 0.05) is 25.2 Å². The van der Waals surface area contributed by atoms with E-state index in [1.165, 1.54) is 19.3 Å². The molecule has 0 aromatic heterocycles. The third-order valence-corrected chi connectivity index (χ3v) is 3.41. The number of hydrogen-bond acceptors (Lipinski definition) is 3. The van der Waals surface area contributed by atoms with Crippen molar-refractivity contribution >= 4 is 0 Å². The fourth-order valence-electron chi connectivity index (χ4n) is 2.38. The first-order valence-electron chi connectivity index (χ1n) is 7.08. The summed E-state index contributed by atoms with van der Waals surface area (Å²) in [6, 6.07) is 0. The Labute approximate surface area is 106 Å². The lowest BCUT2D eigenvalue weighted by atomic mass is 9.79. The summed E-state index contributed by atoms with van der Waals surface area (Å²) in [6.07, 6.45) is 5.10. The molecular weight excluding hydrogens is 214 g/mol. The highest BCUT2D eigenvalue weighted by atomic mass is 16.5. The highest BCUT2D eigenvalue weighted by Crippen LogP contribution is 2.31. The average molecular weight is 243 g/mol. The molecule has 0 aromatic carbocycles. The molecule has 1 aliphatic rings. The fourth-order valence-corrected chi connectivity index (χ4v) is 2.38. The first-order valence-corrected chi connectivity index (χ1v) is 7.08. The van der Waals surface area contributed by atoms with Gasteiger partial charge in [-0.3, -0.25) is 0 Å². The van der Waals surface area contributed by atoms with Gasteiger partial charge in [0.25, 0.3) is 0 Å². The Morgan fingerprint density at radius 2 is 2.24 bits per heavy atom. The van der Waals surface area contributed by atoms with Gasteiger partial charge < -0.3 is 14.8 Å². The number of nitrogens with one attached hydrogen (secondary N) is 1. The molecule has 1 aliphatic heterocycles. The molecule has 1 heterocycles. The van der Waals surface area contributed by atoms with E-state index in [0.717, 1.165) is 39.3 Å². The molecule has 0 aromatic rings. The highest BCUT2D eigenvalue weighted by molar-refractivity contribution is 4.84. The van der Waals surface area contributed by atoms with Crippen LogP contribution in [-0.4, -0.2) is 39.0 Å². The lowest BCUT2D eigenvalue weighted by Crippen LogP contribution is -2.42. The third kappa shape index (κ3) is 5.84. The average Bonchev–Trinajstić information content (AvgIpc) is 2.30. The predicted molar refractivity (Wildman–Crippen MR) is 71.4 cm³/mol. The number of ether oxygens (including phenoxy) is 2. The summed E-state index contributed by atoms with van der Waals surface area (Å²) in [4.78, 5) is 0. The second-order valence-corrected chi connectivity index (χ2v) is 5.50. The van der Waals surface area contributed by atoms with Gasteiger partial charge in [0.05, 0.1) is 12.7 Å². The van der Waals surface area contributed by atoms with Gasteiger partial charge in [0.1, 0.15) is 0 Å². The molecule has 0 spiro atoms. The van der Waals surface area contributed by atoms with E-state index in [1.807, 2.05) is 0 Å². The van der Waals surface area contributed by atoms with Crippen molar-refractivity contribution in [3.05, 3.63) is 0 Å². The van der Waals surface area contributed by atoms with E-state index in [4.69, 9.17) is 9.47 Å². The van der Waals surface area contributed by atoms with Crippen molar-refractivity contribution in [2.75, 3.05) is 32.9 Å². The van der Waals surface area contributed by atoms with Gasteiger partial charge in [-0.2, -0.15) is 0 Å². The fraction of sp³-hybridized carbons (Fsp3) is 1.00. The van der Waals surface area contributed by atoms with Crippen LogP contribution < -0.4 is 5.32 Å². The Morgan fingerprint density at radius 3 is 2.82 bits per heavy atom. The lowest BCUT2D eigenvalue weighted by molar-refractivity contribution is -0.0335. The summed E-state index contributed by atoms with van der Waals surface area (Å²) in [5, 5.41) is 3.55. The van der Waals surface area contributed by atoms with Crippen LogP contribution in [0.25, 0.3) is 0 Å². The summed E-state index contributed by atoms with van der Waals surface area (Å²) in [5.41, 5.74) is 0.308. The monoisotopic (exact) mass is 243 g/mol. The summed E-state index contributed by atoms with van der Waals surface area (Å²) in [5.74, 6) is 0. The Bertz CT molecular complexity index is 189. The predicted octanol–water partition coefficient (Wildman–Crippen LogP) is 2.60. The molecule has 0 radical (unpaired) electrons. The van der Waals surface area contributed by atoms with E-state index in [2.05, 4.69) is 26.1 Å². The Hall–Kier alpha value is -0.120. The van der Waals surface area contributed by atoms with Gasteiger partial charge in [-0.05, 0) is 46.1 Å². The van der Waals surface area contributed by atoms with Gasteiger partial charge >= 0.3 is 0 Å². The van der Waals surface area contributed by atoms with Crippen molar-refractivity contribution in [3.63, 3.8) is 0 Å². The molecule has 102 valence electrons. The molecule has 0 amide bonds. The maximum Gasteiger partial charge on any atom is 0.0535 e. The minimum absolute atomic E-state index is 0.308. The number of hydrogen-bond donors (Lipinski definition) is 1. The van der Waals surface area contributed by atoms with E-state index in [1.54, 1.807) is 0 Å². The zero-order chi connectivity index (χ0) is 12.6. The molecule has 1 unspecified atom stereocenters. The van der Waals surface area contributed by atoms with Gasteiger partial charge in [-0.25, -0.2) is 0 Å². The molecule has 3 heteroatoms. The summed E-state index contributed by atoms with van der Waals surface area (Å²) >= 11 is 0. The van der Waals surface area contributed by atoms with Crippen molar-refractivity contribution in [3.8, 4) is 0 Å². The van der Waals surface area contributed by atoms with Gasteiger partial charge in [0.2, 0.25) is 0 Å². The van der Waals surface area contributed by atoms with Crippen LogP contribution in [0.2, 0.25) is 0 Å². The number of rotatable bonds is 8. The molecule has 0 bridgehead atoms. The van der Waals surface area contributed by atoms with E-state index in [0.29, 0.717) is 11.5 Å². The van der Waals surface area contributed by atoms with Gasteiger partial charge in [-0.1, -0.05) is 6.92 Å². The Kier molecular flexibility index (Phi) is 7.09. The summed E-state index contributed by atoms with van der Waals surface area (Å²) in [7, 11) is 0. The van der Waals surface area contributed by atoms with Crippen molar-refractivity contribution < 1.29 is 9.47 Å². The Balaban J connectivity index is 2.34. The molecule has 1 N–H and O–H groups in total. The maximum atomic E-state index is 5.69. The SMILES string of the molecule is CCCNCC1(CCOC(C)C)CCCOC1. The molecule has 1 saturated heterocycles. The van der Waals surface area contributed by atoms with Crippen LogP contribution in [0.5, 0.6) is 0 Å². The van der Waals surface area contributed by atoms with Crippen LogP contribution in [0.4, 0.5) is 0 Å². The minimum Gasteiger partial charge on any atom is -0.381 e. The second-order valence-electron chi connectivity index (χ2n) is 5.50. The zero-order valence-corrected chi connectivity index (χ0v) is 11.8. The quantitative estimate of drug-likeness (QED) is 0.665. The molecule has 1 fully saturated rings. The zero-order valence-electron chi connectivity index (χ0n) is 11.8. The van der Waals surface area contributed by atoms with E-state index in [9.17, 15) is 0 Å². The van der Waals surface area contributed by atoms with Crippen LogP contribution in [0.15, 0.2) is 0 Å². The van der Waals surface area contributed by atoms with Crippen molar-refractivity contribution in [2.24, 2.45) is 5.41 Å². The standard InChI is InChI=1S/C14H29NO2/c1-4-8-15-11-14(6-5-9-16-12-14)7-10-17-13(2)3/h13,15H,4-12H2,1-3H3. The molecule has 17 heavy (non-hydrogen) atoms. The molecular formula is C14H29NO2. The largest absolute Gasteiger partial charge is 0.381 e. The first kappa shape index (κ1) is 14.9.